The summed E-state index contributed by atoms with van der Waals surface area (Å²) in [5.74, 6) is 0. The van der Waals surface area contributed by atoms with Gasteiger partial charge in [-0.2, -0.15) is 0 Å². The van der Waals surface area contributed by atoms with Gasteiger partial charge in [0.15, 0.2) is 0 Å². The van der Waals surface area contributed by atoms with Crippen LogP contribution in [-0.4, -0.2) is 55.1 Å². The van der Waals surface area contributed by atoms with Crippen LogP contribution in [0.4, 0.5) is 5.69 Å². The first-order valence-electron chi connectivity index (χ1n) is 6.70. The maximum Gasteiger partial charge on any atom is 0.0564 e. The minimum Gasteiger partial charge on any atom is -0.388 e. The van der Waals surface area contributed by atoms with Crippen molar-refractivity contribution >= 4 is 5.69 Å². The Labute approximate surface area is 110 Å². The molecule has 0 amide bonds. The van der Waals surface area contributed by atoms with Crippen molar-refractivity contribution in [2.24, 2.45) is 0 Å². The van der Waals surface area contributed by atoms with E-state index >= 15 is 0 Å². The second-order valence-electron chi connectivity index (χ2n) is 5.26. The fourth-order valence-electron chi connectivity index (χ4n) is 2.54. The lowest BCUT2D eigenvalue weighted by molar-refractivity contribution is 0.139. The van der Waals surface area contributed by atoms with Crippen molar-refractivity contribution in [2.75, 3.05) is 39.5 Å². The molecule has 0 unspecified atom stereocenters. The molecule has 1 fully saturated rings. The zero-order valence-electron chi connectivity index (χ0n) is 11.7. The minimum atomic E-state index is 0.748. The van der Waals surface area contributed by atoms with Crippen LogP contribution in [0, 0.1) is 0 Å². The van der Waals surface area contributed by atoms with Crippen LogP contribution in [0.15, 0.2) is 18.3 Å². The Hall–Kier alpha value is -1.13. The summed E-state index contributed by atoms with van der Waals surface area (Å²) in [5, 5.41) is 3.16. The molecular formula is C14H24N4. The number of rotatable bonds is 4. The SMILES string of the molecule is CNc1ccnc(CN2CCC(N(C)C)CC2)c1. The van der Waals surface area contributed by atoms with Crippen LogP contribution in [0.3, 0.4) is 0 Å². The van der Waals surface area contributed by atoms with Crippen LogP contribution in [-0.2, 0) is 6.54 Å². The summed E-state index contributed by atoms with van der Waals surface area (Å²) in [4.78, 5) is 9.29. The highest BCUT2D eigenvalue weighted by molar-refractivity contribution is 5.42. The van der Waals surface area contributed by atoms with E-state index in [0.29, 0.717) is 0 Å². The fraction of sp³-hybridized carbons (Fsp3) is 0.643. The second-order valence-corrected chi connectivity index (χ2v) is 5.26. The smallest absolute Gasteiger partial charge is 0.0564 e. The molecule has 100 valence electrons. The predicted molar refractivity (Wildman–Crippen MR) is 75.8 cm³/mol. The van der Waals surface area contributed by atoms with Crippen LogP contribution in [0.2, 0.25) is 0 Å². The molecule has 1 aliphatic rings. The average molecular weight is 248 g/mol. The first kappa shape index (κ1) is 13.3. The number of aromatic nitrogens is 1. The van der Waals surface area contributed by atoms with E-state index < -0.39 is 0 Å². The van der Waals surface area contributed by atoms with Gasteiger partial charge in [-0.15, -0.1) is 0 Å². The standard InChI is InChI=1S/C14H24N4/c1-15-12-4-7-16-13(10-12)11-18-8-5-14(6-9-18)17(2)3/h4,7,10,14H,5-6,8-9,11H2,1-3H3,(H,15,16). The van der Waals surface area contributed by atoms with Gasteiger partial charge in [0.05, 0.1) is 5.69 Å². The number of nitrogens with zero attached hydrogens (tertiary/aromatic N) is 3. The molecule has 1 N–H and O–H groups in total. The normalized spacial score (nSPS) is 18.2. The lowest BCUT2D eigenvalue weighted by Crippen LogP contribution is -2.41. The Morgan fingerprint density at radius 2 is 2.11 bits per heavy atom. The molecule has 0 saturated carbocycles. The Morgan fingerprint density at radius 3 is 2.72 bits per heavy atom. The topological polar surface area (TPSA) is 31.4 Å². The molecule has 0 atom stereocenters. The first-order valence-corrected chi connectivity index (χ1v) is 6.70. The molecule has 4 heteroatoms. The van der Waals surface area contributed by atoms with Gasteiger partial charge in [0, 0.05) is 44.6 Å². The number of anilines is 1. The van der Waals surface area contributed by atoms with Crippen molar-refractivity contribution in [1.29, 1.82) is 0 Å². The Balaban J connectivity index is 1.87. The summed E-state index contributed by atoms with van der Waals surface area (Å²) < 4.78 is 0. The van der Waals surface area contributed by atoms with E-state index in [9.17, 15) is 0 Å². The maximum atomic E-state index is 4.44. The molecule has 0 radical (unpaired) electrons. The van der Waals surface area contributed by atoms with Crippen molar-refractivity contribution in [3.63, 3.8) is 0 Å². The average Bonchev–Trinajstić information content (AvgIpc) is 2.39. The van der Waals surface area contributed by atoms with Crippen molar-refractivity contribution in [3.8, 4) is 0 Å². The van der Waals surface area contributed by atoms with E-state index in [1.807, 2.05) is 19.3 Å². The minimum absolute atomic E-state index is 0.748. The quantitative estimate of drug-likeness (QED) is 0.878. The van der Waals surface area contributed by atoms with Gasteiger partial charge in [-0.1, -0.05) is 0 Å². The summed E-state index contributed by atoms with van der Waals surface area (Å²) in [5.41, 5.74) is 2.30. The zero-order chi connectivity index (χ0) is 13.0. The van der Waals surface area contributed by atoms with E-state index in [1.165, 1.54) is 25.9 Å². The monoisotopic (exact) mass is 248 g/mol. The summed E-state index contributed by atoms with van der Waals surface area (Å²) in [6.45, 7) is 3.32. The Kier molecular flexibility index (Phi) is 4.55. The molecule has 1 saturated heterocycles. The molecule has 0 bridgehead atoms. The van der Waals surface area contributed by atoms with Gasteiger partial charge in [0.25, 0.3) is 0 Å². The summed E-state index contributed by atoms with van der Waals surface area (Å²) in [7, 11) is 6.30. The van der Waals surface area contributed by atoms with Crippen molar-refractivity contribution in [3.05, 3.63) is 24.0 Å². The van der Waals surface area contributed by atoms with Crippen LogP contribution in [0.1, 0.15) is 18.5 Å². The summed E-state index contributed by atoms with van der Waals surface area (Å²) in [6, 6.07) is 4.89. The van der Waals surface area contributed by atoms with Crippen molar-refractivity contribution in [2.45, 2.75) is 25.4 Å². The van der Waals surface area contributed by atoms with Crippen molar-refractivity contribution in [1.82, 2.24) is 14.8 Å². The molecule has 1 aromatic rings. The van der Waals surface area contributed by atoms with Crippen LogP contribution < -0.4 is 5.32 Å². The number of hydrogen-bond acceptors (Lipinski definition) is 4. The molecule has 0 aliphatic carbocycles. The lowest BCUT2D eigenvalue weighted by Gasteiger charge is -2.35. The number of hydrogen-bond donors (Lipinski definition) is 1. The third kappa shape index (κ3) is 3.43. The molecule has 4 nitrogen and oxygen atoms in total. The number of likely N-dealkylation sites (tertiary alicyclic amines) is 1. The fourth-order valence-corrected chi connectivity index (χ4v) is 2.54. The molecule has 0 spiro atoms. The van der Waals surface area contributed by atoms with Gasteiger partial charge >= 0.3 is 0 Å². The number of pyridine rings is 1. The molecule has 2 heterocycles. The maximum absolute atomic E-state index is 4.44. The molecular weight excluding hydrogens is 224 g/mol. The van der Waals surface area contributed by atoms with E-state index in [2.05, 4.69) is 40.3 Å². The first-order chi connectivity index (χ1) is 8.69. The van der Waals surface area contributed by atoms with Crippen LogP contribution in [0.5, 0.6) is 0 Å². The highest BCUT2D eigenvalue weighted by Gasteiger charge is 2.20. The lowest BCUT2D eigenvalue weighted by atomic mass is 10.0. The highest BCUT2D eigenvalue weighted by atomic mass is 15.2. The van der Waals surface area contributed by atoms with Crippen LogP contribution >= 0.6 is 0 Å². The molecule has 1 aliphatic heterocycles. The van der Waals surface area contributed by atoms with Crippen LogP contribution in [0.25, 0.3) is 0 Å². The third-order valence-corrected chi connectivity index (χ3v) is 3.78. The van der Waals surface area contributed by atoms with Gasteiger partial charge in [-0.25, -0.2) is 0 Å². The number of piperidine rings is 1. The van der Waals surface area contributed by atoms with Gasteiger partial charge < -0.3 is 10.2 Å². The predicted octanol–water partition coefficient (Wildman–Crippen LogP) is 1.65. The highest BCUT2D eigenvalue weighted by Crippen LogP contribution is 2.17. The number of nitrogens with one attached hydrogen (secondary N) is 1. The van der Waals surface area contributed by atoms with E-state index in [4.69, 9.17) is 0 Å². The van der Waals surface area contributed by atoms with Gasteiger partial charge in [0.2, 0.25) is 0 Å². The van der Waals surface area contributed by atoms with Gasteiger partial charge in [0.1, 0.15) is 0 Å². The second kappa shape index (κ2) is 6.16. The molecule has 18 heavy (non-hydrogen) atoms. The molecule has 1 aromatic heterocycles. The largest absolute Gasteiger partial charge is 0.388 e. The Morgan fingerprint density at radius 1 is 1.39 bits per heavy atom. The zero-order valence-corrected chi connectivity index (χ0v) is 11.7. The summed E-state index contributed by atoms with van der Waals surface area (Å²) in [6.07, 6.45) is 4.41. The van der Waals surface area contributed by atoms with Crippen molar-refractivity contribution < 1.29 is 0 Å². The Bertz CT molecular complexity index is 370. The molecule has 0 aromatic carbocycles. The van der Waals surface area contributed by atoms with Gasteiger partial charge in [-0.05, 0) is 39.1 Å². The van der Waals surface area contributed by atoms with Gasteiger partial charge in [-0.3, -0.25) is 9.88 Å². The van der Waals surface area contributed by atoms with E-state index in [0.717, 1.165) is 24.0 Å². The third-order valence-electron chi connectivity index (χ3n) is 3.78. The summed E-state index contributed by atoms with van der Waals surface area (Å²) >= 11 is 0. The molecule has 2 rings (SSSR count). The van der Waals surface area contributed by atoms with E-state index in [-0.39, 0.29) is 0 Å². The van der Waals surface area contributed by atoms with E-state index in [1.54, 1.807) is 0 Å².